The first kappa shape index (κ1) is 23.0. The summed E-state index contributed by atoms with van der Waals surface area (Å²) in [4.78, 5) is 18.0. The third kappa shape index (κ3) is 5.15. The van der Waals surface area contributed by atoms with Gasteiger partial charge in [0.25, 0.3) is 5.56 Å². The molecule has 0 radical (unpaired) electrons. The summed E-state index contributed by atoms with van der Waals surface area (Å²) in [7, 11) is 0. The van der Waals surface area contributed by atoms with Crippen LogP contribution in [0.1, 0.15) is 18.2 Å². The number of para-hydroxylation sites is 1. The normalized spacial score (nSPS) is 11.0. The number of hydroxylamine groups is 1. The monoisotopic (exact) mass is 500 g/mol. The molecule has 3 aromatic rings. The van der Waals surface area contributed by atoms with Gasteiger partial charge < -0.3 is 9.57 Å². The third-order valence-electron chi connectivity index (χ3n) is 4.25. The Kier molecular flexibility index (Phi) is 7.47. The zero-order valence-electron chi connectivity index (χ0n) is 16.2. The van der Waals surface area contributed by atoms with Crippen molar-refractivity contribution < 1.29 is 27.1 Å². The highest BCUT2D eigenvalue weighted by molar-refractivity contribution is 9.10. The molecule has 0 saturated heterocycles. The van der Waals surface area contributed by atoms with Crippen LogP contribution in [-0.2, 0) is 18.0 Å². The highest BCUT2D eigenvalue weighted by atomic mass is 79.9. The van der Waals surface area contributed by atoms with Crippen molar-refractivity contribution in [2.45, 2.75) is 20.1 Å². The Bertz CT molecular complexity index is 1130. The van der Waals surface area contributed by atoms with Crippen LogP contribution in [0.4, 0.5) is 17.6 Å². The predicted molar refractivity (Wildman–Crippen MR) is 109 cm³/mol. The van der Waals surface area contributed by atoms with Crippen molar-refractivity contribution in [3.05, 3.63) is 91.8 Å². The Morgan fingerprint density at radius 1 is 1.03 bits per heavy atom. The zero-order valence-corrected chi connectivity index (χ0v) is 17.8. The minimum atomic E-state index is -0.936. The first-order valence-electron chi connectivity index (χ1n) is 9.13. The Morgan fingerprint density at radius 2 is 1.74 bits per heavy atom. The number of ether oxygens (including phenoxy) is 1. The summed E-state index contributed by atoms with van der Waals surface area (Å²) in [6, 6.07) is 7.61. The second-order valence-electron chi connectivity index (χ2n) is 6.30. The van der Waals surface area contributed by atoms with Gasteiger partial charge in [0.15, 0.2) is 0 Å². The molecule has 0 bridgehead atoms. The molecule has 0 aliphatic carbocycles. The van der Waals surface area contributed by atoms with Crippen molar-refractivity contribution in [3.8, 4) is 11.4 Å². The second kappa shape index (κ2) is 10.1. The second-order valence-corrected chi connectivity index (χ2v) is 7.10. The lowest BCUT2D eigenvalue weighted by molar-refractivity contribution is 0.0451. The molecule has 164 valence electrons. The molecule has 10 heteroatoms. The number of aromatic nitrogens is 1. The summed E-state index contributed by atoms with van der Waals surface area (Å²) in [6.45, 7) is 1.64. The van der Waals surface area contributed by atoms with Crippen LogP contribution in [0.3, 0.4) is 0 Å². The van der Waals surface area contributed by atoms with E-state index in [2.05, 4.69) is 21.4 Å². The maximum Gasteiger partial charge on any atom is 0.273 e. The fourth-order valence-electron chi connectivity index (χ4n) is 2.82. The van der Waals surface area contributed by atoms with Crippen molar-refractivity contribution in [1.82, 2.24) is 10.0 Å². The molecule has 0 amide bonds. The Labute approximate surface area is 183 Å². The molecule has 1 heterocycles. The number of hydrogen-bond donors (Lipinski definition) is 1. The van der Waals surface area contributed by atoms with Crippen LogP contribution in [0.25, 0.3) is 5.69 Å². The average Bonchev–Trinajstić information content (AvgIpc) is 2.72. The van der Waals surface area contributed by atoms with E-state index in [9.17, 15) is 22.4 Å². The Balaban J connectivity index is 2.05. The Hall–Kier alpha value is -2.69. The molecule has 0 unspecified atom stereocenters. The van der Waals surface area contributed by atoms with Gasteiger partial charge >= 0.3 is 0 Å². The fourth-order valence-corrected chi connectivity index (χ4v) is 3.22. The molecule has 0 saturated carbocycles. The molecule has 0 atom stereocenters. The number of nitrogens with zero attached hydrogens (tertiary/aromatic N) is 1. The van der Waals surface area contributed by atoms with E-state index in [4.69, 9.17) is 9.57 Å². The molecule has 1 aromatic heterocycles. The fraction of sp³-hybridized carbons (Fsp3) is 0.190. The van der Waals surface area contributed by atoms with Crippen LogP contribution < -0.4 is 15.8 Å². The summed E-state index contributed by atoms with van der Waals surface area (Å²) in [5, 5.41) is 0. The van der Waals surface area contributed by atoms with Crippen LogP contribution in [0, 0.1) is 23.3 Å². The summed E-state index contributed by atoms with van der Waals surface area (Å²) in [5.41, 5.74) is 1.42. The molecular weight excluding hydrogens is 484 g/mol. The lowest BCUT2D eigenvalue weighted by Gasteiger charge is -2.18. The van der Waals surface area contributed by atoms with Gasteiger partial charge in [0.2, 0.25) is 0 Å². The minimum Gasteiger partial charge on any atom is -0.487 e. The molecule has 0 aliphatic rings. The van der Waals surface area contributed by atoms with Crippen LogP contribution in [0.2, 0.25) is 0 Å². The van der Waals surface area contributed by atoms with E-state index in [1.54, 1.807) is 6.92 Å². The van der Waals surface area contributed by atoms with E-state index in [0.29, 0.717) is 12.7 Å². The van der Waals surface area contributed by atoms with Gasteiger partial charge in [0, 0.05) is 23.4 Å². The van der Waals surface area contributed by atoms with E-state index < -0.39 is 34.5 Å². The summed E-state index contributed by atoms with van der Waals surface area (Å²) < 4.78 is 62.0. The molecule has 1 N–H and O–H groups in total. The molecule has 0 aliphatic heterocycles. The van der Waals surface area contributed by atoms with Crippen LogP contribution in [0.15, 0.2) is 51.7 Å². The zero-order chi connectivity index (χ0) is 22.5. The van der Waals surface area contributed by atoms with E-state index in [1.807, 2.05) is 0 Å². The topological polar surface area (TPSA) is 52.5 Å². The number of halogens is 5. The van der Waals surface area contributed by atoms with E-state index in [0.717, 1.165) is 22.8 Å². The SMILES string of the molecule is CCONCc1cc(OCc2ccc(F)cc2F)c(Br)c(=O)n1-c1c(F)cccc1F. The quantitative estimate of drug-likeness (QED) is 0.275. The highest BCUT2D eigenvalue weighted by Gasteiger charge is 2.21. The third-order valence-corrected chi connectivity index (χ3v) is 4.98. The standard InChI is InChI=1S/C21H17BrF4N2O3/c1-2-31-27-10-14-9-18(30-11-12-6-7-13(23)8-17(12)26)19(22)21(29)28(14)20-15(24)4-3-5-16(20)25/h3-9,27H,2,10-11H2,1H3. The molecule has 2 aromatic carbocycles. The average molecular weight is 501 g/mol. The van der Waals surface area contributed by atoms with E-state index in [-0.39, 0.29) is 34.6 Å². The van der Waals surface area contributed by atoms with Gasteiger partial charge in [-0.25, -0.2) is 17.6 Å². The number of rotatable bonds is 8. The Morgan fingerprint density at radius 3 is 2.39 bits per heavy atom. The van der Waals surface area contributed by atoms with Gasteiger partial charge in [0.05, 0.1) is 13.2 Å². The number of nitrogens with one attached hydrogen (secondary N) is 1. The first-order chi connectivity index (χ1) is 14.8. The lowest BCUT2D eigenvalue weighted by Crippen LogP contribution is -2.28. The van der Waals surface area contributed by atoms with Crippen molar-refractivity contribution in [2.24, 2.45) is 0 Å². The summed E-state index contributed by atoms with van der Waals surface area (Å²) in [5.74, 6) is -3.41. The summed E-state index contributed by atoms with van der Waals surface area (Å²) >= 11 is 3.09. The van der Waals surface area contributed by atoms with Crippen LogP contribution in [-0.4, -0.2) is 11.2 Å². The predicted octanol–water partition coefficient (Wildman–Crippen LogP) is 4.78. The van der Waals surface area contributed by atoms with Crippen molar-refractivity contribution in [1.29, 1.82) is 0 Å². The number of pyridine rings is 1. The van der Waals surface area contributed by atoms with Gasteiger partial charge in [-0.2, -0.15) is 5.48 Å². The van der Waals surface area contributed by atoms with Gasteiger partial charge in [-0.15, -0.1) is 0 Å². The molecular formula is C21H17BrF4N2O3. The van der Waals surface area contributed by atoms with E-state index >= 15 is 0 Å². The van der Waals surface area contributed by atoms with Crippen LogP contribution >= 0.6 is 15.9 Å². The number of hydrogen-bond acceptors (Lipinski definition) is 4. The molecule has 5 nitrogen and oxygen atoms in total. The molecule has 3 rings (SSSR count). The smallest absolute Gasteiger partial charge is 0.273 e. The van der Waals surface area contributed by atoms with Gasteiger partial charge in [-0.1, -0.05) is 6.07 Å². The first-order valence-corrected chi connectivity index (χ1v) is 9.93. The van der Waals surface area contributed by atoms with Gasteiger partial charge in [-0.05, 0) is 47.1 Å². The van der Waals surface area contributed by atoms with Crippen molar-refractivity contribution >= 4 is 15.9 Å². The van der Waals surface area contributed by atoms with Crippen LogP contribution in [0.5, 0.6) is 5.75 Å². The molecule has 0 spiro atoms. The molecule has 0 fully saturated rings. The maximum absolute atomic E-state index is 14.4. The molecule has 31 heavy (non-hydrogen) atoms. The largest absolute Gasteiger partial charge is 0.487 e. The van der Waals surface area contributed by atoms with Crippen molar-refractivity contribution in [2.75, 3.05) is 6.61 Å². The van der Waals surface area contributed by atoms with Gasteiger partial charge in [0.1, 0.15) is 45.8 Å². The van der Waals surface area contributed by atoms with Crippen molar-refractivity contribution in [3.63, 3.8) is 0 Å². The summed E-state index contributed by atoms with van der Waals surface area (Å²) in [6.07, 6.45) is 0. The number of benzene rings is 2. The van der Waals surface area contributed by atoms with Gasteiger partial charge in [-0.3, -0.25) is 9.36 Å². The maximum atomic E-state index is 14.4. The lowest BCUT2D eigenvalue weighted by atomic mass is 10.2. The highest BCUT2D eigenvalue weighted by Crippen LogP contribution is 2.27. The van der Waals surface area contributed by atoms with E-state index in [1.165, 1.54) is 18.2 Å². The minimum absolute atomic E-state index is 0.00928.